The number of aliphatic hydroxyl groups is 1. The number of rotatable bonds is 1. The van der Waals surface area contributed by atoms with E-state index >= 15 is 0 Å². The van der Waals surface area contributed by atoms with Crippen molar-refractivity contribution in [3.05, 3.63) is 0 Å². The summed E-state index contributed by atoms with van der Waals surface area (Å²) in [4.78, 5) is 0. The molecule has 1 saturated carbocycles. The first-order valence-electron chi connectivity index (χ1n) is 5.16. The second-order valence-electron chi connectivity index (χ2n) is 5.22. The van der Waals surface area contributed by atoms with E-state index in [4.69, 9.17) is 4.74 Å². The predicted molar refractivity (Wildman–Crippen MR) is 53.6 cm³/mol. The third-order valence-electron chi connectivity index (χ3n) is 3.28. The third kappa shape index (κ3) is 2.68. The van der Waals surface area contributed by atoms with Gasteiger partial charge in [0.15, 0.2) is 0 Å². The minimum absolute atomic E-state index is 0.0537. The summed E-state index contributed by atoms with van der Waals surface area (Å²) in [7, 11) is 1.69. The van der Waals surface area contributed by atoms with Crippen molar-refractivity contribution < 1.29 is 9.84 Å². The van der Waals surface area contributed by atoms with Gasteiger partial charge < -0.3 is 9.84 Å². The van der Waals surface area contributed by atoms with E-state index in [0.717, 1.165) is 19.3 Å². The Balaban J connectivity index is 2.55. The van der Waals surface area contributed by atoms with Gasteiger partial charge in [0, 0.05) is 7.11 Å². The van der Waals surface area contributed by atoms with Gasteiger partial charge in [-0.25, -0.2) is 0 Å². The molecule has 0 aromatic carbocycles. The van der Waals surface area contributed by atoms with E-state index in [9.17, 15) is 5.11 Å². The number of methoxy groups -OCH3 is 1. The first-order valence-corrected chi connectivity index (χ1v) is 5.16. The lowest BCUT2D eigenvalue weighted by molar-refractivity contribution is -0.0651. The van der Waals surface area contributed by atoms with Crippen LogP contribution in [-0.4, -0.2) is 24.4 Å². The Labute approximate surface area is 81.3 Å². The normalized spacial score (nSPS) is 36.2. The van der Waals surface area contributed by atoms with Crippen molar-refractivity contribution in [3.63, 3.8) is 0 Å². The molecule has 0 aromatic heterocycles. The highest BCUT2D eigenvalue weighted by atomic mass is 16.5. The number of hydrogen-bond donors (Lipinski definition) is 1. The molecule has 1 aliphatic rings. The molecule has 0 bridgehead atoms. The second kappa shape index (κ2) is 3.97. The standard InChI is InChI=1S/C11H22O2/c1-11(2,3)8-5-6-9(12)10(7-8)13-4/h8-10,12H,5-7H2,1-4H3/t8?,9-,10-/m1/s1. The Morgan fingerprint density at radius 3 is 2.31 bits per heavy atom. The molecular weight excluding hydrogens is 164 g/mol. The molecule has 13 heavy (non-hydrogen) atoms. The molecule has 1 fully saturated rings. The maximum absolute atomic E-state index is 9.63. The van der Waals surface area contributed by atoms with Crippen LogP contribution in [0.4, 0.5) is 0 Å². The van der Waals surface area contributed by atoms with Crippen LogP contribution in [0.5, 0.6) is 0 Å². The van der Waals surface area contributed by atoms with Crippen molar-refractivity contribution in [1.82, 2.24) is 0 Å². The number of ether oxygens (including phenoxy) is 1. The van der Waals surface area contributed by atoms with Crippen LogP contribution in [0, 0.1) is 11.3 Å². The molecule has 0 aliphatic heterocycles. The van der Waals surface area contributed by atoms with Crippen LogP contribution in [0.3, 0.4) is 0 Å². The predicted octanol–water partition coefficient (Wildman–Crippen LogP) is 2.21. The van der Waals surface area contributed by atoms with E-state index in [2.05, 4.69) is 20.8 Å². The Hall–Kier alpha value is -0.0800. The topological polar surface area (TPSA) is 29.5 Å². The van der Waals surface area contributed by atoms with Gasteiger partial charge in [-0.15, -0.1) is 0 Å². The largest absolute Gasteiger partial charge is 0.390 e. The van der Waals surface area contributed by atoms with Crippen LogP contribution in [-0.2, 0) is 4.74 Å². The zero-order valence-corrected chi connectivity index (χ0v) is 9.21. The fourth-order valence-corrected chi connectivity index (χ4v) is 2.15. The van der Waals surface area contributed by atoms with Crippen LogP contribution >= 0.6 is 0 Å². The number of aliphatic hydroxyl groups excluding tert-OH is 1. The van der Waals surface area contributed by atoms with E-state index in [1.54, 1.807) is 7.11 Å². The molecule has 2 heteroatoms. The van der Waals surface area contributed by atoms with Crippen LogP contribution < -0.4 is 0 Å². The summed E-state index contributed by atoms with van der Waals surface area (Å²) in [6.07, 6.45) is 2.83. The summed E-state index contributed by atoms with van der Waals surface area (Å²) in [5, 5.41) is 9.63. The molecule has 0 radical (unpaired) electrons. The number of hydrogen-bond acceptors (Lipinski definition) is 2. The molecule has 0 saturated heterocycles. The van der Waals surface area contributed by atoms with E-state index in [0.29, 0.717) is 11.3 Å². The zero-order valence-electron chi connectivity index (χ0n) is 9.21. The van der Waals surface area contributed by atoms with Gasteiger partial charge in [0.05, 0.1) is 12.2 Å². The Bertz CT molecular complexity index is 160. The highest BCUT2D eigenvalue weighted by molar-refractivity contribution is 4.85. The van der Waals surface area contributed by atoms with Crippen LogP contribution in [0.15, 0.2) is 0 Å². The molecule has 78 valence electrons. The van der Waals surface area contributed by atoms with E-state index in [1.165, 1.54) is 0 Å². The summed E-state index contributed by atoms with van der Waals surface area (Å²) < 4.78 is 5.28. The van der Waals surface area contributed by atoms with Gasteiger partial charge in [0.1, 0.15) is 0 Å². The summed E-state index contributed by atoms with van der Waals surface area (Å²) in [5.41, 5.74) is 0.344. The van der Waals surface area contributed by atoms with Gasteiger partial charge in [-0.2, -0.15) is 0 Å². The van der Waals surface area contributed by atoms with Gasteiger partial charge >= 0.3 is 0 Å². The first kappa shape index (κ1) is 11.0. The smallest absolute Gasteiger partial charge is 0.0833 e. The van der Waals surface area contributed by atoms with Crippen molar-refractivity contribution >= 4 is 0 Å². The van der Waals surface area contributed by atoms with Crippen molar-refractivity contribution in [3.8, 4) is 0 Å². The minimum Gasteiger partial charge on any atom is -0.390 e. The van der Waals surface area contributed by atoms with E-state index in [1.807, 2.05) is 0 Å². The minimum atomic E-state index is -0.247. The average molecular weight is 186 g/mol. The average Bonchev–Trinajstić information content (AvgIpc) is 2.03. The lowest BCUT2D eigenvalue weighted by Crippen LogP contribution is -2.39. The summed E-state index contributed by atoms with van der Waals surface area (Å²) in [6.45, 7) is 6.80. The Morgan fingerprint density at radius 2 is 1.85 bits per heavy atom. The SMILES string of the molecule is CO[C@@H]1CC(C(C)(C)C)CC[C@H]1O. The highest BCUT2D eigenvalue weighted by Crippen LogP contribution is 2.38. The van der Waals surface area contributed by atoms with Gasteiger partial charge in [-0.3, -0.25) is 0 Å². The molecule has 0 spiro atoms. The maximum Gasteiger partial charge on any atom is 0.0833 e. The maximum atomic E-state index is 9.63. The molecule has 1 N–H and O–H groups in total. The first-order chi connectivity index (χ1) is 5.95. The molecule has 0 heterocycles. The molecule has 1 unspecified atom stereocenters. The van der Waals surface area contributed by atoms with Crippen LogP contribution in [0.1, 0.15) is 40.0 Å². The Morgan fingerprint density at radius 1 is 1.23 bits per heavy atom. The van der Waals surface area contributed by atoms with Crippen molar-refractivity contribution in [1.29, 1.82) is 0 Å². The molecular formula is C11H22O2. The fraction of sp³-hybridized carbons (Fsp3) is 1.00. The molecule has 0 aromatic rings. The molecule has 3 atom stereocenters. The lowest BCUT2D eigenvalue weighted by atomic mass is 9.71. The summed E-state index contributed by atoms with van der Waals surface area (Å²) in [6, 6.07) is 0. The van der Waals surface area contributed by atoms with Gasteiger partial charge in [0.25, 0.3) is 0 Å². The van der Waals surface area contributed by atoms with Crippen LogP contribution in [0.2, 0.25) is 0 Å². The fourth-order valence-electron chi connectivity index (χ4n) is 2.15. The summed E-state index contributed by atoms with van der Waals surface area (Å²) >= 11 is 0. The van der Waals surface area contributed by atoms with Crippen molar-refractivity contribution in [2.75, 3.05) is 7.11 Å². The highest BCUT2D eigenvalue weighted by Gasteiger charge is 2.34. The molecule has 1 aliphatic carbocycles. The Kier molecular flexibility index (Phi) is 3.36. The monoisotopic (exact) mass is 186 g/mol. The van der Waals surface area contributed by atoms with Gasteiger partial charge in [-0.05, 0) is 30.6 Å². The molecule has 1 rings (SSSR count). The van der Waals surface area contributed by atoms with Crippen molar-refractivity contribution in [2.45, 2.75) is 52.2 Å². The lowest BCUT2D eigenvalue weighted by Gasteiger charge is -2.39. The zero-order chi connectivity index (χ0) is 10.1. The van der Waals surface area contributed by atoms with E-state index in [-0.39, 0.29) is 12.2 Å². The second-order valence-corrected chi connectivity index (χ2v) is 5.22. The molecule has 2 nitrogen and oxygen atoms in total. The molecule has 0 amide bonds. The third-order valence-corrected chi connectivity index (χ3v) is 3.28. The van der Waals surface area contributed by atoms with Crippen LogP contribution in [0.25, 0.3) is 0 Å². The van der Waals surface area contributed by atoms with Gasteiger partial charge in [-0.1, -0.05) is 20.8 Å². The van der Waals surface area contributed by atoms with Gasteiger partial charge in [0.2, 0.25) is 0 Å². The van der Waals surface area contributed by atoms with Crippen molar-refractivity contribution in [2.24, 2.45) is 11.3 Å². The summed E-state index contributed by atoms with van der Waals surface area (Å²) in [5.74, 6) is 0.681. The van der Waals surface area contributed by atoms with E-state index < -0.39 is 0 Å². The quantitative estimate of drug-likeness (QED) is 0.680.